The average Bonchev–Trinajstić information content (AvgIpc) is 2.96. The first kappa shape index (κ1) is 40.0. The third kappa shape index (κ3) is 15.5. The Kier molecular flexibility index (Phi) is 27.8. The molecule has 0 aliphatic heterocycles. The van der Waals surface area contributed by atoms with Crippen LogP contribution in [-0.4, -0.2) is 0 Å². The van der Waals surface area contributed by atoms with Crippen molar-refractivity contribution in [1.29, 1.82) is 0 Å². The van der Waals surface area contributed by atoms with Crippen molar-refractivity contribution in [2.75, 3.05) is 0 Å². The van der Waals surface area contributed by atoms with E-state index < -0.39 is 0 Å². The Labute approximate surface area is 257 Å². The van der Waals surface area contributed by atoms with Gasteiger partial charge in [0.2, 0.25) is 0 Å². The molecule has 0 aromatic carbocycles. The average molecular weight is 563 g/mol. The molecule has 0 heterocycles. The fourth-order valence-corrected chi connectivity index (χ4v) is 8.77. The first-order valence-electron chi connectivity index (χ1n) is 19.6. The fraction of sp³-hybridized carbons (Fsp3) is 1.00. The molecule has 40 heavy (non-hydrogen) atoms. The number of rotatable bonds is 31. The lowest BCUT2D eigenvalue weighted by atomic mass is 9.49. The third-order valence-electron chi connectivity index (χ3n) is 10.8. The predicted octanol–water partition coefficient (Wildman–Crippen LogP) is 15.1. The Morgan fingerprint density at radius 1 is 0.325 bits per heavy atom. The monoisotopic (exact) mass is 563 g/mol. The molecule has 0 N–H and O–H groups in total. The first-order chi connectivity index (χ1) is 19.6. The van der Waals surface area contributed by atoms with Gasteiger partial charge in [-0.2, -0.15) is 0 Å². The molecule has 0 amide bonds. The molecule has 0 radical (unpaired) electrons. The maximum absolute atomic E-state index is 2.50. The summed E-state index contributed by atoms with van der Waals surface area (Å²) in [7, 11) is 0. The van der Waals surface area contributed by atoms with E-state index >= 15 is 0 Å². The minimum atomic E-state index is 0.570. The van der Waals surface area contributed by atoms with E-state index in [1.165, 1.54) is 167 Å². The SMILES string of the molecule is CCCCCCC(C(CCCCC)CCCCC)C(CCCCC)(C(CCC)CCC)C(CCCC)CCCC. The normalized spacial score (nSPS) is 14.5. The van der Waals surface area contributed by atoms with Crippen LogP contribution in [0, 0.1) is 29.1 Å². The highest BCUT2D eigenvalue weighted by atomic mass is 14.5. The van der Waals surface area contributed by atoms with E-state index in [9.17, 15) is 0 Å². The molecule has 242 valence electrons. The molecule has 0 saturated carbocycles. The molecule has 2 unspecified atom stereocenters. The van der Waals surface area contributed by atoms with Crippen molar-refractivity contribution in [2.24, 2.45) is 29.1 Å². The quantitative estimate of drug-likeness (QED) is 0.0737. The van der Waals surface area contributed by atoms with Crippen LogP contribution in [0.5, 0.6) is 0 Å². The van der Waals surface area contributed by atoms with Gasteiger partial charge in [0.05, 0.1) is 0 Å². The number of hydrogen-bond acceptors (Lipinski definition) is 0. The standard InChI is InChI=1S/C40H82/c1-9-17-23-26-34-39(36(30-24-18-10-2)31-25-19-11-3)40(35-27-20-12-4,37(28-15-7)29-16-8)38(32-21-13-5)33-22-14-6/h36-39H,9-35H2,1-8H3. The van der Waals surface area contributed by atoms with Gasteiger partial charge in [0.25, 0.3) is 0 Å². The van der Waals surface area contributed by atoms with Crippen LogP contribution in [0.15, 0.2) is 0 Å². The van der Waals surface area contributed by atoms with Crippen LogP contribution in [0.3, 0.4) is 0 Å². The molecule has 0 saturated heterocycles. The van der Waals surface area contributed by atoms with Crippen LogP contribution in [0.2, 0.25) is 0 Å². The first-order valence-corrected chi connectivity index (χ1v) is 19.6. The fourth-order valence-electron chi connectivity index (χ4n) is 8.77. The largest absolute Gasteiger partial charge is 0.0654 e. The van der Waals surface area contributed by atoms with Crippen LogP contribution in [0.25, 0.3) is 0 Å². The second-order valence-corrected chi connectivity index (χ2v) is 14.0. The molecule has 0 aromatic heterocycles. The molecule has 0 fully saturated rings. The van der Waals surface area contributed by atoms with Gasteiger partial charge in [-0.3, -0.25) is 0 Å². The molecule has 0 aliphatic carbocycles. The summed E-state index contributed by atoms with van der Waals surface area (Å²) in [5.74, 6) is 3.80. The van der Waals surface area contributed by atoms with E-state index in [1.54, 1.807) is 6.42 Å². The van der Waals surface area contributed by atoms with E-state index in [1.807, 2.05) is 0 Å². The molecule has 0 rings (SSSR count). The van der Waals surface area contributed by atoms with E-state index in [2.05, 4.69) is 55.4 Å². The molecule has 0 heteroatoms. The van der Waals surface area contributed by atoms with E-state index in [4.69, 9.17) is 0 Å². The number of hydrogen-bond donors (Lipinski definition) is 0. The van der Waals surface area contributed by atoms with Gasteiger partial charge in [-0.15, -0.1) is 0 Å². The summed E-state index contributed by atoms with van der Waals surface area (Å²) >= 11 is 0. The zero-order valence-electron chi connectivity index (χ0n) is 29.9. The smallest absolute Gasteiger partial charge is 0.0210 e. The lowest BCUT2D eigenvalue weighted by Crippen LogP contribution is -2.48. The van der Waals surface area contributed by atoms with Crippen LogP contribution < -0.4 is 0 Å². The Bertz CT molecular complexity index is 470. The summed E-state index contributed by atoms with van der Waals surface area (Å²) in [6.45, 7) is 19.6. The van der Waals surface area contributed by atoms with Crippen LogP contribution in [0.4, 0.5) is 0 Å². The van der Waals surface area contributed by atoms with Crippen molar-refractivity contribution in [3.05, 3.63) is 0 Å². The molecule has 0 aromatic rings. The minimum Gasteiger partial charge on any atom is -0.0654 e. The van der Waals surface area contributed by atoms with E-state index in [0.29, 0.717) is 5.41 Å². The second kappa shape index (κ2) is 27.8. The molecule has 0 spiro atoms. The summed E-state index contributed by atoms with van der Waals surface area (Å²) in [4.78, 5) is 0. The van der Waals surface area contributed by atoms with E-state index in [-0.39, 0.29) is 0 Å². The summed E-state index contributed by atoms with van der Waals surface area (Å²) < 4.78 is 0. The highest BCUT2D eigenvalue weighted by molar-refractivity contribution is 4.99. The second-order valence-electron chi connectivity index (χ2n) is 14.0. The molecular formula is C40H82. The van der Waals surface area contributed by atoms with Gasteiger partial charge < -0.3 is 0 Å². The maximum atomic E-state index is 2.50. The van der Waals surface area contributed by atoms with Crippen molar-refractivity contribution in [2.45, 2.75) is 229 Å². The van der Waals surface area contributed by atoms with Gasteiger partial charge in [0.15, 0.2) is 0 Å². The Morgan fingerprint density at radius 3 is 1.18 bits per heavy atom. The zero-order valence-corrected chi connectivity index (χ0v) is 29.9. The van der Waals surface area contributed by atoms with Gasteiger partial charge in [-0.1, -0.05) is 203 Å². The molecule has 0 aliphatic rings. The van der Waals surface area contributed by atoms with Crippen molar-refractivity contribution < 1.29 is 0 Å². The van der Waals surface area contributed by atoms with Gasteiger partial charge in [0.1, 0.15) is 0 Å². The Hall–Kier alpha value is 0. The van der Waals surface area contributed by atoms with Gasteiger partial charge in [-0.05, 0) is 54.8 Å². The van der Waals surface area contributed by atoms with Crippen LogP contribution in [0.1, 0.15) is 229 Å². The van der Waals surface area contributed by atoms with Crippen molar-refractivity contribution in [3.63, 3.8) is 0 Å². The third-order valence-corrected chi connectivity index (χ3v) is 10.8. The summed E-state index contributed by atoms with van der Waals surface area (Å²) in [6.07, 6.45) is 39.2. The molecule has 0 nitrogen and oxygen atoms in total. The molecular weight excluding hydrogens is 480 g/mol. The summed E-state index contributed by atoms with van der Waals surface area (Å²) in [6, 6.07) is 0. The predicted molar refractivity (Wildman–Crippen MR) is 186 cm³/mol. The van der Waals surface area contributed by atoms with Crippen molar-refractivity contribution >= 4 is 0 Å². The Balaban J connectivity index is 7.09. The van der Waals surface area contributed by atoms with Crippen molar-refractivity contribution in [1.82, 2.24) is 0 Å². The van der Waals surface area contributed by atoms with Gasteiger partial charge in [-0.25, -0.2) is 0 Å². The highest BCUT2D eigenvalue weighted by Gasteiger charge is 2.50. The topological polar surface area (TPSA) is 0 Å². The summed E-state index contributed by atoms with van der Waals surface area (Å²) in [5.41, 5.74) is 0.570. The lowest BCUT2D eigenvalue weighted by molar-refractivity contribution is -0.0644. The lowest BCUT2D eigenvalue weighted by Gasteiger charge is -2.55. The maximum Gasteiger partial charge on any atom is -0.0210 e. The van der Waals surface area contributed by atoms with Gasteiger partial charge >= 0.3 is 0 Å². The van der Waals surface area contributed by atoms with Crippen LogP contribution in [-0.2, 0) is 0 Å². The molecule has 2 atom stereocenters. The number of unbranched alkanes of at least 4 members (excludes halogenated alkanes) is 11. The van der Waals surface area contributed by atoms with E-state index in [0.717, 1.165) is 23.7 Å². The van der Waals surface area contributed by atoms with Gasteiger partial charge in [0, 0.05) is 0 Å². The van der Waals surface area contributed by atoms with Crippen LogP contribution >= 0.6 is 0 Å². The van der Waals surface area contributed by atoms with Crippen molar-refractivity contribution in [3.8, 4) is 0 Å². The Morgan fingerprint density at radius 2 is 0.725 bits per heavy atom. The molecule has 0 bridgehead atoms. The summed E-state index contributed by atoms with van der Waals surface area (Å²) in [5, 5.41) is 0. The minimum absolute atomic E-state index is 0.570. The highest BCUT2D eigenvalue weighted by Crippen LogP contribution is 2.58. The zero-order chi connectivity index (χ0) is 29.9.